The van der Waals surface area contributed by atoms with E-state index in [2.05, 4.69) is 0 Å². The second kappa shape index (κ2) is 10.7. The van der Waals surface area contributed by atoms with E-state index in [4.69, 9.17) is 0 Å². The Labute approximate surface area is 229 Å². The summed E-state index contributed by atoms with van der Waals surface area (Å²) >= 11 is 0. The first-order valence-corrected chi connectivity index (χ1v) is 10.5. The Morgan fingerprint density at radius 2 is 0.543 bits per heavy atom. The molecule has 0 saturated heterocycles. The van der Waals surface area contributed by atoms with Crippen molar-refractivity contribution < 1.29 is 141 Å². The fourth-order valence-electron chi connectivity index (χ4n) is 2.07. The maximum absolute atomic E-state index is 13.6. The monoisotopic (exact) mass is 781 g/mol. The van der Waals surface area contributed by atoms with Gasteiger partial charge in [-0.2, -0.15) is 119 Å². The summed E-state index contributed by atoms with van der Waals surface area (Å²) in [5.41, 5.74) is 0. The number of alkyl halides is 27. The first-order chi connectivity index (χ1) is 19.2. The molecule has 0 spiro atoms. The van der Waals surface area contributed by atoms with E-state index >= 15 is 0 Å². The molecule has 0 aromatic rings. The third-order valence-corrected chi connectivity index (χ3v) is 5.48. The summed E-state index contributed by atoms with van der Waals surface area (Å²) in [5.74, 6) is -66.4. The van der Waals surface area contributed by atoms with Crippen molar-refractivity contribution in [2.45, 2.75) is 77.3 Å². The first-order valence-electron chi connectivity index (χ1n) is 9.12. The standard InChI is InChI=1S/C13HF27O5S/c14-1(15,3(18,19)5(22,23)7(26,27)13(39,40)46(41,42)43)2(16,17)4(20,21)6(24,25)9(31,32)44-11(35,36)12(37,38)45-10(33,34)8(28,29)30/h(H,41,42,43)/p-1. The van der Waals surface area contributed by atoms with Gasteiger partial charge in [0.1, 0.15) is 0 Å². The van der Waals surface area contributed by atoms with Gasteiger partial charge in [-0.25, -0.2) is 17.9 Å². The van der Waals surface area contributed by atoms with Crippen molar-refractivity contribution >= 4 is 10.1 Å². The topological polar surface area (TPSA) is 75.7 Å². The molecule has 0 fully saturated rings. The lowest BCUT2D eigenvalue weighted by Gasteiger charge is -2.44. The minimum absolute atomic E-state index is 0.790. The van der Waals surface area contributed by atoms with E-state index in [1.54, 1.807) is 0 Å². The van der Waals surface area contributed by atoms with Crippen LogP contribution in [0.5, 0.6) is 0 Å². The highest BCUT2D eigenvalue weighted by Gasteiger charge is 2.97. The quantitative estimate of drug-likeness (QED) is 0.135. The fraction of sp³-hybridized carbons (Fsp3) is 1.00. The highest BCUT2D eigenvalue weighted by molar-refractivity contribution is 7.86. The zero-order valence-electron chi connectivity index (χ0n) is 19.2. The molecular formula is C13F27O5S-. The van der Waals surface area contributed by atoms with Crippen LogP contribution in [0.15, 0.2) is 0 Å². The van der Waals surface area contributed by atoms with Crippen LogP contribution in [-0.4, -0.2) is 90.3 Å². The molecule has 0 aromatic heterocycles. The van der Waals surface area contributed by atoms with Gasteiger partial charge in [0.05, 0.1) is 0 Å². The van der Waals surface area contributed by atoms with E-state index in [1.807, 2.05) is 0 Å². The van der Waals surface area contributed by atoms with E-state index in [0.29, 0.717) is 0 Å². The average Bonchev–Trinajstić information content (AvgIpc) is 2.74. The predicted octanol–water partition coefficient (Wildman–Crippen LogP) is 7.54. The lowest BCUT2D eigenvalue weighted by Crippen LogP contribution is -2.76. The molecule has 5 nitrogen and oxygen atoms in total. The Bertz CT molecular complexity index is 1230. The first kappa shape index (κ1) is 43.9. The zero-order chi connectivity index (χ0) is 38.4. The average molecular weight is 781 g/mol. The second-order valence-electron chi connectivity index (χ2n) is 7.76. The van der Waals surface area contributed by atoms with Crippen LogP contribution in [0.25, 0.3) is 0 Å². The Hall–Kier alpha value is -2.06. The summed E-state index contributed by atoms with van der Waals surface area (Å²) in [7, 11) is -8.52. The van der Waals surface area contributed by atoms with Crippen LogP contribution in [0.2, 0.25) is 0 Å². The van der Waals surface area contributed by atoms with Gasteiger partial charge in [0.2, 0.25) is 0 Å². The molecule has 0 amide bonds. The van der Waals surface area contributed by atoms with Gasteiger partial charge in [0.15, 0.2) is 10.1 Å². The molecular weight excluding hydrogens is 781 g/mol. The minimum Gasteiger partial charge on any atom is -0.743 e. The number of rotatable bonds is 14. The van der Waals surface area contributed by atoms with Crippen LogP contribution in [0.4, 0.5) is 119 Å². The van der Waals surface area contributed by atoms with Crippen LogP contribution < -0.4 is 0 Å². The SMILES string of the molecule is O=S(=O)([O-])C(F)(F)C(F)(F)C(F)(F)C(F)(F)C(F)(F)C(F)(F)C(F)(F)C(F)(F)C(F)(F)OC(F)(F)C(F)(F)OC(F)(F)C(F)(F)F. The van der Waals surface area contributed by atoms with Crippen LogP contribution in [0, 0.1) is 0 Å². The van der Waals surface area contributed by atoms with Gasteiger partial charge in [0, 0.05) is 0 Å². The Kier molecular flexibility index (Phi) is 10.2. The van der Waals surface area contributed by atoms with Crippen LogP contribution in [-0.2, 0) is 19.6 Å². The molecule has 0 aromatic carbocycles. The molecule has 0 atom stereocenters. The molecule has 0 heterocycles. The van der Waals surface area contributed by atoms with Gasteiger partial charge in [0.25, 0.3) is 0 Å². The minimum atomic E-state index is -9.72. The molecule has 278 valence electrons. The van der Waals surface area contributed by atoms with Crippen molar-refractivity contribution in [1.82, 2.24) is 0 Å². The molecule has 0 saturated carbocycles. The number of ether oxygens (including phenoxy) is 2. The number of halogens is 27. The maximum atomic E-state index is 13.6. The van der Waals surface area contributed by atoms with Gasteiger partial charge in [-0.1, -0.05) is 0 Å². The number of hydrogen-bond acceptors (Lipinski definition) is 5. The molecule has 33 heteroatoms. The van der Waals surface area contributed by atoms with Crippen molar-refractivity contribution in [2.75, 3.05) is 0 Å². The summed E-state index contributed by atoms with van der Waals surface area (Å²) < 4.78 is 385. The van der Waals surface area contributed by atoms with E-state index in [1.165, 1.54) is 0 Å². The van der Waals surface area contributed by atoms with Crippen molar-refractivity contribution in [3.63, 3.8) is 0 Å². The Morgan fingerprint density at radius 1 is 0.326 bits per heavy atom. The van der Waals surface area contributed by atoms with Gasteiger partial charge in [-0.15, -0.1) is 0 Å². The Morgan fingerprint density at radius 3 is 0.783 bits per heavy atom. The summed E-state index contributed by atoms with van der Waals surface area (Å²) in [6.07, 6.45) is -40.8. The Balaban J connectivity index is 7.14. The molecule has 0 aliphatic carbocycles. The van der Waals surface area contributed by atoms with E-state index < -0.39 is 87.4 Å². The fourth-order valence-corrected chi connectivity index (χ4v) is 2.51. The van der Waals surface area contributed by atoms with E-state index in [0.717, 1.165) is 9.47 Å². The van der Waals surface area contributed by atoms with Crippen molar-refractivity contribution in [3.8, 4) is 0 Å². The van der Waals surface area contributed by atoms with Crippen LogP contribution in [0.1, 0.15) is 0 Å². The molecule has 0 rings (SSSR count). The van der Waals surface area contributed by atoms with Crippen molar-refractivity contribution in [1.29, 1.82) is 0 Å². The third kappa shape index (κ3) is 5.92. The lowest BCUT2D eigenvalue weighted by molar-refractivity contribution is -0.557. The molecule has 46 heavy (non-hydrogen) atoms. The normalized spacial score (nSPS) is 17.0. The highest BCUT2D eigenvalue weighted by Crippen LogP contribution is 2.66. The third-order valence-electron chi connectivity index (χ3n) is 4.59. The van der Waals surface area contributed by atoms with Gasteiger partial charge in [-0.3, -0.25) is 0 Å². The van der Waals surface area contributed by atoms with Crippen molar-refractivity contribution in [2.24, 2.45) is 0 Å². The van der Waals surface area contributed by atoms with Gasteiger partial charge in [-0.05, 0) is 0 Å². The predicted molar refractivity (Wildman–Crippen MR) is 77.3 cm³/mol. The zero-order valence-corrected chi connectivity index (χ0v) is 20.0. The van der Waals surface area contributed by atoms with Gasteiger partial charge >= 0.3 is 77.3 Å². The molecule has 0 bridgehead atoms. The largest absolute Gasteiger partial charge is 0.743 e. The van der Waals surface area contributed by atoms with E-state index in [9.17, 15) is 132 Å². The summed E-state index contributed by atoms with van der Waals surface area (Å²) in [6.45, 7) is 0. The maximum Gasteiger partial charge on any atom is 0.483 e. The molecule has 0 N–H and O–H groups in total. The van der Waals surface area contributed by atoms with Gasteiger partial charge < -0.3 is 4.55 Å². The highest BCUT2D eigenvalue weighted by atomic mass is 32.2. The lowest BCUT2D eigenvalue weighted by atomic mass is 9.89. The molecule has 0 aliphatic heterocycles. The van der Waals surface area contributed by atoms with Crippen molar-refractivity contribution in [3.05, 3.63) is 0 Å². The molecule has 0 unspecified atom stereocenters. The molecule has 0 aliphatic rings. The van der Waals surface area contributed by atoms with Crippen LogP contribution >= 0.6 is 0 Å². The molecule has 0 radical (unpaired) electrons. The summed E-state index contributed by atoms with van der Waals surface area (Å²) in [4.78, 5) is 0. The smallest absolute Gasteiger partial charge is 0.483 e. The summed E-state index contributed by atoms with van der Waals surface area (Å²) in [6, 6.07) is 0. The number of hydrogen-bond donors (Lipinski definition) is 0. The van der Waals surface area contributed by atoms with Crippen LogP contribution in [0.3, 0.4) is 0 Å². The van der Waals surface area contributed by atoms with E-state index in [-0.39, 0.29) is 0 Å². The second-order valence-corrected chi connectivity index (χ2v) is 9.18. The summed E-state index contributed by atoms with van der Waals surface area (Å²) in [5, 5.41) is -8.35.